The SMILES string of the molecule is CCC(C)N(CC(=O)O)C(=O)CCn1nc2ccccn2c1=O. The van der Waals surface area contributed by atoms with E-state index in [0.29, 0.717) is 12.1 Å². The van der Waals surface area contributed by atoms with Crippen LogP contribution in [0.1, 0.15) is 26.7 Å². The molecule has 0 bridgehead atoms. The molecule has 1 unspecified atom stereocenters. The van der Waals surface area contributed by atoms with Gasteiger partial charge in [0.05, 0.1) is 6.54 Å². The fraction of sp³-hybridized carbons (Fsp3) is 0.467. The van der Waals surface area contributed by atoms with Crippen molar-refractivity contribution in [1.82, 2.24) is 19.1 Å². The lowest BCUT2D eigenvalue weighted by Crippen LogP contribution is -2.42. The minimum Gasteiger partial charge on any atom is -0.480 e. The van der Waals surface area contributed by atoms with Crippen LogP contribution in [0.25, 0.3) is 5.65 Å². The molecule has 0 spiro atoms. The van der Waals surface area contributed by atoms with Crippen molar-refractivity contribution in [3.05, 3.63) is 34.9 Å². The predicted octanol–water partition coefficient (Wildman–Crippen LogP) is 0.598. The normalized spacial score (nSPS) is 12.3. The zero-order chi connectivity index (χ0) is 17.0. The number of pyridine rings is 1. The van der Waals surface area contributed by atoms with E-state index in [2.05, 4.69) is 5.10 Å². The summed E-state index contributed by atoms with van der Waals surface area (Å²) in [5.74, 6) is -1.35. The van der Waals surface area contributed by atoms with Crippen molar-refractivity contribution in [2.24, 2.45) is 0 Å². The van der Waals surface area contributed by atoms with Crippen molar-refractivity contribution in [3.8, 4) is 0 Å². The molecule has 0 fully saturated rings. The number of hydrogen-bond acceptors (Lipinski definition) is 4. The van der Waals surface area contributed by atoms with Crippen LogP contribution >= 0.6 is 0 Å². The van der Waals surface area contributed by atoms with Crippen LogP contribution in [0.2, 0.25) is 0 Å². The Morgan fingerprint density at radius 3 is 2.74 bits per heavy atom. The topological polar surface area (TPSA) is 96.9 Å². The van der Waals surface area contributed by atoms with Gasteiger partial charge in [0.15, 0.2) is 5.65 Å². The van der Waals surface area contributed by atoms with Gasteiger partial charge < -0.3 is 10.0 Å². The maximum absolute atomic E-state index is 12.3. The van der Waals surface area contributed by atoms with Crippen molar-refractivity contribution < 1.29 is 14.7 Å². The van der Waals surface area contributed by atoms with Crippen LogP contribution in [0.5, 0.6) is 0 Å². The van der Waals surface area contributed by atoms with Crippen LogP contribution in [0.3, 0.4) is 0 Å². The molecule has 1 amide bonds. The number of aryl methyl sites for hydroxylation is 1. The highest BCUT2D eigenvalue weighted by Gasteiger charge is 2.21. The highest BCUT2D eigenvalue weighted by molar-refractivity contribution is 5.81. The molecule has 1 N–H and O–H groups in total. The number of rotatable bonds is 7. The van der Waals surface area contributed by atoms with Crippen molar-refractivity contribution in [3.63, 3.8) is 0 Å². The maximum Gasteiger partial charge on any atom is 0.350 e. The quantitative estimate of drug-likeness (QED) is 0.805. The van der Waals surface area contributed by atoms with Crippen LogP contribution in [-0.4, -0.2) is 48.7 Å². The van der Waals surface area contributed by atoms with Gasteiger partial charge in [-0.15, -0.1) is 5.10 Å². The summed E-state index contributed by atoms with van der Waals surface area (Å²) in [6.45, 7) is 3.47. The van der Waals surface area contributed by atoms with Gasteiger partial charge in [0.2, 0.25) is 5.91 Å². The van der Waals surface area contributed by atoms with E-state index >= 15 is 0 Å². The zero-order valence-corrected chi connectivity index (χ0v) is 13.2. The summed E-state index contributed by atoms with van der Waals surface area (Å²) in [6.07, 6.45) is 2.30. The molecule has 0 saturated carbocycles. The van der Waals surface area contributed by atoms with Gasteiger partial charge in [-0.2, -0.15) is 0 Å². The smallest absolute Gasteiger partial charge is 0.350 e. The average molecular weight is 320 g/mol. The van der Waals surface area contributed by atoms with Gasteiger partial charge in [-0.3, -0.25) is 14.0 Å². The molecule has 8 heteroatoms. The number of carboxylic acids is 1. The monoisotopic (exact) mass is 320 g/mol. The largest absolute Gasteiger partial charge is 0.480 e. The Kier molecular flexibility index (Phi) is 5.15. The number of carbonyl (C=O) groups is 2. The molecule has 23 heavy (non-hydrogen) atoms. The third kappa shape index (κ3) is 3.77. The molecule has 0 aliphatic rings. The van der Waals surface area contributed by atoms with E-state index in [1.54, 1.807) is 31.3 Å². The van der Waals surface area contributed by atoms with Gasteiger partial charge in [0.1, 0.15) is 6.54 Å². The molecule has 2 heterocycles. The first-order chi connectivity index (χ1) is 10.9. The lowest BCUT2D eigenvalue weighted by atomic mass is 10.2. The minimum atomic E-state index is -1.05. The molecular formula is C15H20N4O4. The van der Waals surface area contributed by atoms with Gasteiger partial charge in [-0.1, -0.05) is 13.0 Å². The third-order valence-electron chi connectivity index (χ3n) is 3.77. The Morgan fingerprint density at radius 1 is 1.39 bits per heavy atom. The Labute approximate surface area is 132 Å². The van der Waals surface area contributed by atoms with E-state index in [-0.39, 0.29) is 37.1 Å². The highest BCUT2D eigenvalue weighted by Crippen LogP contribution is 2.06. The summed E-state index contributed by atoms with van der Waals surface area (Å²) < 4.78 is 2.62. The zero-order valence-electron chi connectivity index (χ0n) is 13.2. The summed E-state index contributed by atoms with van der Waals surface area (Å²) in [4.78, 5) is 36.7. The molecule has 0 aromatic carbocycles. The number of fused-ring (bicyclic) bond motifs is 1. The predicted molar refractivity (Wildman–Crippen MR) is 83.2 cm³/mol. The first-order valence-electron chi connectivity index (χ1n) is 7.49. The standard InChI is InChI=1S/C15H20N4O4/c1-3-11(2)18(10-14(21)22)13(20)7-9-19-15(23)17-8-5-4-6-12(17)16-19/h4-6,8,11H,3,7,9-10H2,1-2H3,(H,21,22). The highest BCUT2D eigenvalue weighted by atomic mass is 16.4. The minimum absolute atomic E-state index is 0.0292. The number of aromatic nitrogens is 3. The molecule has 0 radical (unpaired) electrons. The Bertz CT molecular complexity index is 764. The molecule has 2 rings (SSSR count). The maximum atomic E-state index is 12.3. The second-order valence-electron chi connectivity index (χ2n) is 5.36. The molecule has 2 aromatic rings. The van der Waals surface area contributed by atoms with E-state index in [1.165, 1.54) is 14.0 Å². The van der Waals surface area contributed by atoms with Crippen molar-refractivity contribution in [2.45, 2.75) is 39.3 Å². The van der Waals surface area contributed by atoms with Crippen LogP contribution in [-0.2, 0) is 16.1 Å². The fourth-order valence-electron chi connectivity index (χ4n) is 2.31. The first-order valence-corrected chi connectivity index (χ1v) is 7.49. The Balaban J connectivity index is 2.11. The van der Waals surface area contributed by atoms with Crippen LogP contribution < -0.4 is 5.69 Å². The first kappa shape index (κ1) is 16.7. The molecule has 1 atom stereocenters. The molecule has 0 aliphatic heterocycles. The summed E-state index contributed by atoms with van der Waals surface area (Å²) in [7, 11) is 0. The summed E-state index contributed by atoms with van der Waals surface area (Å²) >= 11 is 0. The molecule has 0 aliphatic carbocycles. The number of amides is 1. The average Bonchev–Trinajstić information content (AvgIpc) is 2.86. The molecule has 2 aromatic heterocycles. The van der Waals surface area contributed by atoms with E-state index in [0.717, 1.165) is 0 Å². The van der Waals surface area contributed by atoms with Gasteiger partial charge >= 0.3 is 11.7 Å². The Hall–Kier alpha value is -2.64. The molecule has 0 saturated heterocycles. The van der Waals surface area contributed by atoms with E-state index in [4.69, 9.17) is 5.11 Å². The van der Waals surface area contributed by atoms with E-state index in [1.807, 2.05) is 6.92 Å². The van der Waals surface area contributed by atoms with Crippen molar-refractivity contribution >= 4 is 17.5 Å². The van der Waals surface area contributed by atoms with Gasteiger partial charge in [0.25, 0.3) is 0 Å². The molecular weight excluding hydrogens is 300 g/mol. The van der Waals surface area contributed by atoms with E-state index < -0.39 is 5.97 Å². The summed E-state index contributed by atoms with van der Waals surface area (Å²) in [5.41, 5.74) is 0.191. The second kappa shape index (κ2) is 7.08. The number of hydrogen-bond donors (Lipinski definition) is 1. The number of carboxylic acid groups (broad SMARTS) is 1. The summed E-state index contributed by atoms with van der Waals surface area (Å²) in [6, 6.07) is 5.03. The number of aliphatic carboxylic acids is 1. The van der Waals surface area contributed by atoms with Crippen LogP contribution in [0.15, 0.2) is 29.2 Å². The lowest BCUT2D eigenvalue weighted by Gasteiger charge is -2.26. The van der Waals surface area contributed by atoms with Crippen molar-refractivity contribution in [1.29, 1.82) is 0 Å². The van der Waals surface area contributed by atoms with Crippen LogP contribution in [0.4, 0.5) is 0 Å². The van der Waals surface area contributed by atoms with Gasteiger partial charge in [0, 0.05) is 18.7 Å². The van der Waals surface area contributed by atoms with Crippen molar-refractivity contribution in [2.75, 3.05) is 6.54 Å². The third-order valence-corrected chi connectivity index (χ3v) is 3.77. The summed E-state index contributed by atoms with van der Waals surface area (Å²) in [5, 5.41) is 13.1. The lowest BCUT2D eigenvalue weighted by molar-refractivity contribution is -0.146. The van der Waals surface area contributed by atoms with Gasteiger partial charge in [-0.05, 0) is 25.5 Å². The molecule has 8 nitrogen and oxygen atoms in total. The fourth-order valence-corrected chi connectivity index (χ4v) is 2.31. The number of nitrogens with zero attached hydrogens (tertiary/aromatic N) is 4. The molecule has 124 valence electrons. The van der Waals surface area contributed by atoms with Gasteiger partial charge in [-0.25, -0.2) is 9.48 Å². The van der Waals surface area contributed by atoms with Crippen LogP contribution in [0, 0.1) is 0 Å². The Morgan fingerprint density at radius 2 is 2.13 bits per heavy atom. The second-order valence-corrected chi connectivity index (χ2v) is 5.36. The van der Waals surface area contributed by atoms with E-state index in [9.17, 15) is 14.4 Å². The number of carbonyl (C=O) groups excluding carboxylic acids is 1.